The number of nitrogens with zero attached hydrogens (tertiary/aromatic N) is 1. The van der Waals surface area contributed by atoms with Crippen LogP contribution in [0.25, 0.3) is 0 Å². The molecule has 3 N–H and O–H groups in total. The van der Waals surface area contributed by atoms with E-state index in [2.05, 4.69) is 4.90 Å². The van der Waals surface area contributed by atoms with Crippen LogP contribution in [-0.2, 0) is 4.79 Å². The molecule has 2 atom stereocenters. The SMILES string of the molecule is NCC1CCC(C(=O)N2CCCC2CC(O)c2ccccc2)CC1. The van der Waals surface area contributed by atoms with Crippen LogP contribution in [0.4, 0.5) is 0 Å². The molecule has 132 valence electrons. The van der Waals surface area contributed by atoms with Gasteiger partial charge in [-0.1, -0.05) is 30.3 Å². The molecule has 2 aliphatic rings. The van der Waals surface area contributed by atoms with Crippen molar-refractivity contribution in [2.75, 3.05) is 13.1 Å². The molecule has 1 aromatic rings. The average Bonchev–Trinajstić information content (AvgIpc) is 3.10. The van der Waals surface area contributed by atoms with Crippen molar-refractivity contribution < 1.29 is 9.90 Å². The van der Waals surface area contributed by atoms with Gasteiger partial charge in [-0.05, 0) is 63.0 Å². The number of carbonyl (C=O) groups excluding carboxylic acids is 1. The molecule has 3 rings (SSSR count). The second-order valence-corrected chi connectivity index (χ2v) is 7.44. The summed E-state index contributed by atoms with van der Waals surface area (Å²) in [6.45, 7) is 1.60. The molecule has 1 saturated heterocycles. The van der Waals surface area contributed by atoms with Crippen LogP contribution >= 0.6 is 0 Å². The van der Waals surface area contributed by atoms with E-state index in [9.17, 15) is 9.90 Å². The smallest absolute Gasteiger partial charge is 0.225 e. The molecular formula is C20H30N2O2. The van der Waals surface area contributed by atoms with Crippen molar-refractivity contribution in [3.63, 3.8) is 0 Å². The third kappa shape index (κ3) is 3.98. The van der Waals surface area contributed by atoms with Crippen LogP contribution in [0.3, 0.4) is 0 Å². The van der Waals surface area contributed by atoms with Crippen molar-refractivity contribution in [3.05, 3.63) is 35.9 Å². The summed E-state index contributed by atoms with van der Waals surface area (Å²) in [5.41, 5.74) is 6.70. The van der Waals surface area contributed by atoms with E-state index in [0.717, 1.165) is 57.2 Å². The van der Waals surface area contributed by atoms with Gasteiger partial charge in [0.2, 0.25) is 5.91 Å². The number of likely N-dealkylation sites (tertiary alicyclic amines) is 1. The Morgan fingerprint density at radius 3 is 2.54 bits per heavy atom. The van der Waals surface area contributed by atoms with Crippen LogP contribution in [0.5, 0.6) is 0 Å². The van der Waals surface area contributed by atoms with Crippen LogP contribution in [0.2, 0.25) is 0 Å². The number of benzene rings is 1. The van der Waals surface area contributed by atoms with Gasteiger partial charge in [-0.3, -0.25) is 4.79 Å². The van der Waals surface area contributed by atoms with Crippen molar-refractivity contribution in [2.45, 2.75) is 57.1 Å². The third-order valence-electron chi connectivity index (χ3n) is 5.87. The summed E-state index contributed by atoms with van der Waals surface area (Å²) in [6.07, 6.45) is 6.34. The van der Waals surface area contributed by atoms with E-state index < -0.39 is 6.10 Å². The monoisotopic (exact) mass is 330 g/mol. The van der Waals surface area contributed by atoms with E-state index >= 15 is 0 Å². The van der Waals surface area contributed by atoms with E-state index in [1.54, 1.807) is 0 Å². The summed E-state index contributed by atoms with van der Waals surface area (Å²) in [4.78, 5) is 15.0. The Kier molecular flexibility index (Phi) is 5.90. The maximum absolute atomic E-state index is 12.9. The highest BCUT2D eigenvalue weighted by molar-refractivity contribution is 5.79. The molecule has 1 amide bonds. The Morgan fingerprint density at radius 2 is 1.88 bits per heavy atom. The standard InChI is InChI=1S/C20H30N2O2/c21-14-15-8-10-17(11-9-15)20(24)22-12-4-7-18(22)13-19(23)16-5-2-1-3-6-16/h1-3,5-6,15,17-19,23H,4,7-14,21H2. The fraction of sp³-hybridized carbons (Fsp3) is 0.650. The lowest BCUT2D eigenvalue weighted by Crippen LogP contribution is -2.41. The summed E-state index contributed by atoms with van der Waals surface area (Å²) < 4.78 is 0. The zero-order chi connectivity index (χ0) is 16.9. The fourth-order valence-corrected chi connectivity index (χ4v) is 4.32. The first kappa shape index (κ1) is 17.4. The van der Waals surface area contributed by atoms with Gasteiger partial charge in [-0.15, -0.1) is 0 Å². The molecule has 1 aromatic carbocycles. The lowest BCUT2D eigenvalue weighted by Gasteiger charge is -2.33. The molecular weight excluding hydrogens is 300 g/mol. The number of amides is 1. The molecule has 2 fully saturated rings. The van der Waals surface area contributed by atoms with E-state index in [1.807, 2.05) is 30.3 Å². The van der Waals surface area contributed by atoms with Gasteiger partial charge in [0, 0.05) is 18.5 Å². The highest BCUT2D eigenvalue weighted by Gasteiger charge is 2.35. The average molecular weight is 330 g/mol. The Bertz CT molecular complexity index is 526. The minimum absolute atomic E-state index is 0.169. The van der Waals surface area contributed by atoms with Crippen LogP contribution in [0.1, 0.15) is 56.6 Å². The van der Waals surface area contributed by atoms with Crippen molar-refractivity contribution >= 4 is 5.91 Å². The lowest BCUT2D eigenvalue weighted by molar-refractivity contribution is -0.138. The summed E-state index contributed by atoms with van der Waals surface area (Å²) in [7, 11) is 0. The van der Waals surface area contributed by atoms with Gasteiger partial charge >= 0.3 is 0 Å². The zero-order valence-electron chi connectivity index (χ0n) is 14.4. The molecule has 4 heteroatoms. The highest BCUT2D eigenvalue weighted by atomic mass is 16.3. The van der Waals surface area contributed by atoms with E-state index in [4.69, 9.17) is 5.73 Å². The maximum Gasteiger partial charge on any atom is 0.225 e. The number of nitrogens with two attached hydrogens (primary N) is 1. The Hall–Kier alpha value is -1.39. The van der Waals surface area contributed by atoms with Gasteiger partial charge < -0.3 is 15.7 Å². The van der Waals surface area contributed by atoms with E-state index in [0.29, 0.717) is 18.2 Å². The number of carbonyl (C=O) groups is 1. The molecule has 24 heavy (non-hydrogen) atoms. The molecule has 0 radical (unpaired) electrons. The van der Waals surface area contributed by atoms with E-state index in [-0.39, 0.29) is 12.0 Å². The first-order valence-electron chi connectivity index (χ1n) is 9.42. The number of hydrogen-bond donors (Lipinski definition) is 2. The Labute approximate surface area is 145 Å². The zero-order valence-corrected chi connectivity index (χ0v) is 14.4. The Balaban J connectivity index is 1.58. The predicted molar refractivity (Wildman–Crippen MR) is 95.3 cm³/mol. The van der Waals surface area contributed by atoms with Gasteiger partial charge in [0.25, 0.3) is 0 Å². The van der Waals surface area contributed by atoms with Crippen molar-refractivity contribution in [1.29, 1.82) is 0 Å². The van der Waals surface area contributed by atoms with Gasteiger partial charge in [0.05, 0.1) is 6.10 Å². The number of hydrogen-bond acceptors (Lipinski definition) is 3. The normalized spacial score (nSPS) is 28.8. The topological polar surface area (TPSA) is 66.6 Å². The van der Waals surface area contributed by atoms with Crippen LogP contribution in [-0.4, -0.2) is 35.0 Å². The Morgan fingerprint density at radius 1 is 1.17 bits per heavy atom. The second-order valence-electron chi connectivity index (χ2n) is 7.44. The molecule has 1 aliphatic carbocycles. The highest BCUT2D eigenvalue weighted by Crippen LogP contribution is 2.33. The number of aliphatic hydroxyl groups excluding tert-OH is 1. The fourth-order valence-electron chi connectivity index (χ4n) is 4.32. The predicted octanol–water partition coefficient (Wildman–Crippen LogP) is 2.87. The minimum Gasteiger partial charge on any atom is -0.388 e. The largest absolute Gasteiger partial charge is 0.388 e. The van der Waals surface area contributed by atoms with Crippen molar-refractivity contribution in [2.24, 2.45) is 17.6 Å². The first-order chi connectivity index (χ1) is 11.7. The molecule has 2 unspecified atom stereocenters. The van der Waals surface area contributed by atoms with Crippen molar-refractivity contribution in [3.8, 4) is 0 Å². The minimum atomic E-state index is -0.488. The maximum atomic E-state index is 12.9. The number of rotatable bonds is 5. The second kappa shape index (κ2) is 8.13. The van der Waals surface area contributed by atoms with Crippen molar-refractivity contribution in [1.82, 2.24) is 4.90 Å². The van der Waals surface area contributed by atoms with Gasteiger partial charge in [0.1, 0.15) is 0 Å². The van der Waals surface area contributed by atoms with Crippen LogP contribution < -0.4 is 5.73 Å². The van der Waals surface area contributed by atoms with Gasteiger partial charge in [0.15, 0.2) is 0 Å². The van der Waals surface area contributed by atoms with Gasteiger partial charge in [-0.25, -0.2) is 0 Å². The molecule has 1 heterocycles. The van der Waals surface area contributed by atoms with Crippen LogP contribution in [0, 0.1) is 11.8 Å². The lowest BCUT2D eigenvalue weighted by atomic mass is 9.81. The summed E-state index contributed by atoms with van der Waals surface area (Å²) in [6, 6.07) is 9.96. The van der Waals surface area contributed by atoms with Crippen LogP contribution in [0.15, 0.2) is 30.3 Å². The summed E-state index contributed by atoms with van der Waals surface area (Å²) in [5.74, 6) is 1.08. The first-order valence-corrected chi connectivity index (χ1v) is 9.42. The molecule has 4 nitrogen and oxygen atoms in total. The summed E-state index contributed by atoms with van der Waals surface area (Å²) >= 11 is 0. The molecule has 0 bridgehead atoms. The number of aliphatic hydroxyl groups is 1. The molecule has 0 aromatic heterocycles. The van der Waals surface area contributed by atoms with Gasteiger partial charge in [-0.2, -0.15) is 0 Å². The molecule has 1 saturated carbocycles. The quantitative estimate of drug-likeness (QED) is 0.872. The third-order valence-corrected chi connectivity index (χ3v) is 5.87. The van der Waals surface area contributed by atoms with E-state index in [1.165, 1.54) is 0 Å². The molecule has 1 aliphatic heterocycles. The molecule has 0 spiro atoms. The summed E-state index contributed by atoms with van der Waals surface area (Å²) in [5, 5.41) is 10.5.